The molecule has 2 rings (SSSR count). The van der Waals surface area contributed by atoms with Crippen molar-refractivity contribution in [3.8, 4) is 23.2 Å². The first kappa shape index (κ1) is 11.0. The number of nitrogens with zero attached hydrogens (tertiary/aromatic N) is 1. The van der Waals surface area contributed by atoms with Crippen LogP contribution in [0.4, 0.5) is 0 Å². The minimum absolute atomic E-state index is 0.428. The molecule has 84 valence electrons. The summed E-state index contributed by atoms with van der Waals surface area (Å²) >= 11 is 0. The number of nitrogens with one attached hydrogen (secondary N) is 1. The van der Waals surface area contributed by atoms with Crippen molar-refractivity contribution in [3.05, 3.63) is 41.5 Å². The second-order valence-corrected chi connectivity index (χ2v) is 3.48. The summed E-state index contributed by atoms with van der Waals surface area (Å²) < 4.78 is 5.04. The highest BCUT2D eigenvalue weighted by Crippen LogP contribution is 2.25. The summed E-state index contributed by atoms with van der Waals surface area (Å²) in [7, 11) is 1.49. The van der Waals surface area contributed by atoms with Crippen LogP contribution in [-0.4, -0.2) is 18.4 Å². The van der Waals surface area contributed by atoms with Gasteiger partial charge >= 0.3 is 0 Å². The van der Waals surface area contributed by atoms with Gasteiger partial charge in [0.2, 0.25) is 5.88 Å². The van der Waals surface area contributed by atoms with E-state index in [2.05, 4.69) is 11.1 Å². The lowest BCUT2D eigenvalue weighted by Gasteiger charge is -1.98. The molecule has 0 bridgehead atoms. The van der Waals surface area contributed by atoms with Gasteiger partial charge in [0.15, 0.2) is 6.29 Å². The van der Waals surface area contributed by atoms with Gasteiger partial charge in [-0.1, -0.05) is 12.1 Å². The van der Waals surface area contributed by atoms with E-state index in [1.54, 1.807) is 24.3 Å². The van der Waals surface area contributed by atoms with Crippen molar-refractivity contribution in [3.63, 3.8) is 0 Å². The van der Waals surface area contributed by atoms with E-state index in [1.165, 1.54) is 7.11 Å². The van der Waals surface area contributed by atoms with Gasteiger partial charge in [0.25, 0.3) is 0 Å². The van der Waals surface area contributed by atoms with Gasteiger partial charge in [-0.15, -0.1) is 0 Å². The molecule has 1 aromatic heterocycles. The van der Waals surface area contributed by atoms with E-state index in [-0.39, 0.29) is 0 Å². The SMILES string of the molecule is COc1[nH]c(-c2cccc(C#N)c2)cc1C=O. The van der Waals surface area contributed by atoms with Crippen LogP contribution in [0.3, 0.4) is 0 Å². The molecule has 0 unspecified atom stereocenters. The van der Waals surface area contributed by atoms with Gasteiger partial charge in [0, 0.05) is 5.69 Å². The first-order valence-electron chi connectivity index (χ1n) is 5.01. The molecular weight excluding hydrogens is 216 g/mol. The first-order chi connectivity index (χ1) is 8.28. The fourth-order valence-corrected chi connectivity index (χ4v) is 1.62. The normalized spacial score (nSPS) is 9.65. The Balaban J connectivity index is 2.49. The zero-order valence-corrected chi connectivity index (χ0v) is 9.23. The Morgan fingerprint density at radius 1 is 1.41 bits per heavy atom. The van der Waals surface area contributed by atoms with Gasteiger partial charge in [0.05, 0.1) is 24.3 Å². The largest absolute Gasteiger partial charge is 0.482 e. The van der Waals surface area contributed by atoms with Crippen LogP contribution in [0.1, 0.15) is 15.9 Å². The standard InChI is InChI=1S/C13H10N2O2/c1-17-13-11(8-16)6-12(15-13)10-4-2-3-9(5-10)7-14/h2-6,8,15H,1H3. The molecule has 0 radical (unpaired) electrons. The zero-order chi connectivity index (χ0) is 12.3. The highest BCUT2D eigenvalue weighted by Gasteiger charge is 2.09. The Morgan fingerprint density at radius 3 is 2.82 bits per heavy atom. The summed E-state index contributed by atoms with van der Waals surface area (Å²) in [5.74, 6) is 0.428. The molecule has 0 fully saturated rings. The number of aromatic nitrogens is 1. The molecule has 0 aliphatic rings. The van der Waals surface area contributed by atoms with E-state index >= 15 is 0 Å². The number of rotatable bonds is 3. The van der Waals surface area contributed by atoms with Crippen LogP contribution in [0.5, 0.6) is 5.88 Å². The Labute approximate surface area is 98.5 Å². The molecule has 4 heteroatoms. The van der Waals surface area contributed by atoms with E-state index in [1.807, 2.05) is 6.07 Å². The number of aldehydes is 1. The Hall–Kier alpha value is -2.54. The number of aromatic amines is 1. The molecule has 1 aromatic carbocycles. The minimum Gasteiger partial charge on any atom is -0.482 e. The van der Waals surface area contributed by atoms with Crippen molar-refractivity contribution in [2.75, 3.05) is 7.11 Å². The number of carbonyl (C=O) groups is 1. The fraction of sp³-hybridized carbons (Fsp3) is 0.0769. The van der Waals surface area contributed by atoms with Crippen LogP contribution in [0.25, 0.3) is 11.3 Å². The maximum Gasteiger partial charge on any atom is 0.201 e. The molecule has 0 spiro atoms. The van der Waals surface area contributed by atoms with Crippen LogP contribution in [-0.2, 0) is 0 Å². The molecule has 17 heavy (non-hydrogen) atoms. The van der Waals surface area contributed by atoms with Gasteiger partial charge in [-0.3, -0.25) is 4.79 Å². The number of H-pyrrole nitrogens is 1. The number of benzene rings is 1. The maximum atomic E-state index is 10.8. The Bertz CT molecular complexity index is 594. The predicted octanol–water partition coefficient (Wildman–Crippen LogP) is 2.37. The van der Waals surface area contributed by atoms with Gasteiger partial charge < -0.3 is 9.72 Å². The number of nitriles is 1. The molecule has 4 nitrogen and oxygen atoms in total. The molecule has 2 aromatic rings. The average Bonchev–Trinajstić information content (AvgIpc) is 2.82. The van der Waals surface area contributed by atoms with E-state index in [0.29, 0.717) is 17.0 Å². The summed E-state index contributed by atoms with van der Waals surface area (Å²) in [6.07, 6.45) is 0.729. The van der Waals surface area contributed by atoms with Crippen LogP contribution in [0.2, 0.25) is 0 Å². The molecule has 1 N–H and O–H groups in total. The van der Waals surface area contributed by atoms with Gasteiger partial charge in [-0.25, -0.2) is 0 Å². The third kappa shape index (κ3) is 2.04. The van der Waals surface area contributed by atoms with E-state index < -0.39 is 0 Å². The lowest BCUT2D eigenvalue weighted by Crippen LogP contribution is -1.86. The van der Waals surface area contributed by atoms with Crippen molar-refractivity contribution in [2.45, 2.75) is 0 Å². The van der Waals surface area contributed by atoms with Crippen molar-refractivity contribution < 1.29 is 9.53 Å². The Morgan fingerprint density at radius 2 is 2.24 bits per heavy atom. The third-order valence-corrected chi connectivity index (χ3v) is 2.44. The summed E-state index contributed by atoms with van der Waals surface area (Å²) in [5, 5.41) is 8.82. The van der Waals surface area contributed by atoms with Gasteiger partial charge in [-0.05, 0) is 23.8 Å². The van der Waals surface area contributed by atoms with E-state index in [9.17, 15) is 4.79 Å². The van der Waals surface area contributed by atoms with E-state index in [4.69, 9.17) is 10.00 Å². The predicted molar refractivity (Wildman–Crippen MR) is 62.9 cm³/mol. The Kier molecular flexibility index (Phi) is 2.93. The lowest BCUT2D eigenvalue weighted by molar-refractivity contribution is 0.112. The minimum atomic E-state index is 0.428. The molecule has 0 amide bonds. The number of hydrogen-bond donors (Lipinski definition) is 1. The van der Waals surface area contributed by atoms with Crippen LogP contribution >= 0.6 is 0 Å². The van der Waals surface area contributed by atoms with Crippen LogP contribution in [0, 0.1) is 11.3 Å². The number of ether oxygens (including phenoxy) is 1. The lowest BCUT2D eigenvalue weighted by atomic mass is 10.1. The maximum absolute atomic E-state index is 10.8. The number of methoxy groups -OCH3 is 1. The van der Waals surface area contributed by atoms with E-state index in [0.717, 1.165) is 17.5 Å². The zero-order valence-electron chi connectivity index (χ0n) is 9.23. The smallest absolute Gasteiger partial charge is 0.201 e. The molecule has 0 aliphatic heterocycles. The molecule has 0 atom stereocenters. The van der Waals surface area contributed by atoms with Crippen molar-refractivity contribution in [2.24, 2.45) is 0 Å². The number of hydrogen-bond acceptors (Lipinski definition) is 3. The van der Waals surface area contributed by atoms with Crippen molar-refractivity contribution >= 4 is 6.29 Å². The second kappa shape index (κ2) is 4.54. The van der Waals surface area contributed by atoms with Gasteiger partial charge in [-0.2, -0.15) is 5.26 Å². The summed E-state index contributed by atoms with van der Waals surface area (Å²) in [5.41, 5.74) is 2.63. The van der Waals surface area contributed by atoms with Crippen LogP contribution in [0.15, 0.2) is 30.3 Å². The highest BCUT2D eigenvalue weighted by molar-refractivity contribution is 5.82. The number of carbonyl (C=O) groups excluding carboxylic acids is 1. The summed E-state index contributed by atoms with van der Waals surface area (Å²) in [6.45, 7) is 0. The molecule has 0 saturated heterocycles. The monoisotopic (exact) mass is 226 g/mol. The quantitative estimate of drug-likeness (QED) is 0.817. The average molecular weight is 226 g/mol. The summed E-state index contributed by atoms with van der Waals surface area (Å²) in [6, 6.07) is 10.9. The van der Waals surface area contributed by atoms with Crippen molar-refractivity contribution in [1.82, 2.24) is 4.98 Å². The van der Waals surface area contributed by atoms with Crippen LogP contribution < -0.4 is 4.74 Å². The second-order valence-electron chi connectivity index (χ2n) is 3.48. The topological polar surface area (TPSA) is 65.9 Å². The molecule has 0 aliphatic carbocycles. The first-order valence-corrected chi connectivity index (χ1v) is 5.01. The summed E-state index contributed by atoms with van der Waals surface area (Å²) in [4.78, 5) is 13.8. The third-order valence-electron chi connectivity index (χ3n) is 2.44. The van der Waals surface area contributed by atoms with Gasteiger partial charge in [0.1, 0.15) is 0 Å². The molecular formula is C13H10N2O2. The fourth-order valence-electron chi connectivity index (χ4n) is 1.62. The van der Waals surface area contributed by atoms with Crippen molar-refractivity contribution in [1.29, 1.82) is 5.26 Å². The molecule has 0 saturated carbocycles. The molecule has 1 heterocycles. The highest BCUT2D eigenvalue weighted by atomic mass is 16.5.